The van der Waals surface area contributed by atoms with E-state index in [0.29, 0.717) is 18.7 Å². The van der Waals surface area contributed by atoms with Gasteiger partial charge in [0.1, 0.15) is 0 Å². The van der Waals surface area contributed by atoms with Crippen molar-refractivity contribution in [1.82, 2.24) is 10.3 Å². The topological polar surface area (TPSA) is 70.9 Å². The minimum Gasteiger partial charge on any atom is -0.365 e. The molecule has 1 amide bonds. The quantitative estimate of drug-likeness (QED) is 0.667. The Morgan fingerprint density at radius 2 is 2.38 bits per heavy atom. The molecule has 13 heavy (non-hydrogen) atoms. The Labute approximate surface area is 83.3 Å². The van der Waals surface area contributed by atoms with E-state index >= 15 is 0 Å². The summed E-state index contributed by atoms with van der Waals surface area (Å²) in [5, 5.41) is 2.69. The van der Waals surface area contributed by atoms with Gasteiger partial charge in [0.2, 0.25) is 0 Å². The van der Waals surface area contributed by atoms with Crippen LogP contribution in [0.2, 0.25) is 0 Å². The maximum absolute atomic E-state index is 11.3. The number of carbonyl (C=O) groups is 1. The van der Waals surface area contributed by atoms with E-state index in [2.05, 4.69) is 10.3 Å². The lowest BCUT2D eigenvalue weighted by atomic mass is 10.2. The Kier molecular flexibility index (Phi) is 5.18. The summed E-state index contributed by atoms with van der Waals surface area (Å²) in [6, 6.07) is 1.75. The predicted octanol–water partition coefficient (Wildman–Crippen LogP) is 0.433. The zero-order valence-corrected chi connectivity index (χ0v) is 8.28. The van der Waals surface area contributed by atoms with Crippen molar-refractivity contribution >= 4 is 18.3 Å². The minimum atomic E-state index is -0.0702. The van der Waals surface area contributed by atoms with E-state index in [1.165, 1.54) is 0 Å². The largest absolute Gasteiger partial charge is 0.365 e. The van der Waals surface area contributed by atoms with E-state index in [0.717, 1.165) is 5.69 Å². The summed E-state index contributed by atoms with van der Waals surface area (Å²) in [6.07, 6.45) is 1.74. The van der Waals surface area contributed by atoms with Crippen LogP contribution in [0.1, 0.15) is 16.1 Å². The van der Waals surface area contributed by atoms with Crippen LogP contribution in [0.25, 0.3) is 0 Å². The summed E-state index contributed by atoms with van der Waals surface area (Å²) in [6.45, 7) is 2.84. The highest BCUT2D eigenvalue weighted by atomic mass is 35.5. The number of hydrogen-bond acceptors (Lipinski definition) is 2. The van der Waals surface area contributed by atoms with E-state index in [-0.39, 0.29) is 18.3 Å². The number of hydrogen-bond donors (Lipinski definition) is 3. The molecule has 1 heterocycles. The number of rotatable bonds is 3. The Morgan fingerprint density at radius 3 is 2.85 bits per heavy atom. The Hall–Kier alpha value is -1.00. The van der Waals surface area contributed by atoms with E-state index in [4.69, 9.17) is 5.73 Å². The zero-order chi connectivity index (χ0) is 8.97. The van der Waals surface area contributed by atoms with Gasteiger partial charge in [-0.1, -0.05) is 0 Å². The van der Waals surface area contributed by atoms with Crippen molar-refractivity contribution in [1.29, 1.82) is 0 Å². The molecule has 0 unspecified atom stereocenters. The summed E-state index contributed by atoms with van der Waals surface area (Å²) in [4.78, 5) is 14.2. The molecule has 0 saturated heterocycles. The average Bonchev–Trinajstić information content (AvgIpc) is 2.47. The lowest BCUT2D eigenvalue weighted by Gasteiger charge is -2.01. The number of aromatic nitrogens is 1. The second-order valence-corrected chi connectivity index (χ2v) is 2.56. The molecule has 0 aliphatic rings. The second kappa shape index (κ2) is 5.61. The molecular formula is C8H14ClN3O. The number of aryl methyl sites for hydroxylation is 1. The molecule has 0 saturated carbocycles. The number of carbonyl (C=O) groups excluding carboxylic acids is 1. The molecule has 0 spiro atoms. The van der Waals surface area contributed by atoms with E-state index in [9.17, 15) is 4.79 Å². The van der Waals surface area contributed by atoms with Crippen LogP contribution in [-0.4, -0.2) is 24.0 Å². The Balaban J connectivity index is 0.00000144. The van der Waals surface area contributed by atoms with Gasteiger partial charge in [0, 0.05) is 25.0 Å². The van der Waals surface area contributed by atoms with Gasteiger partial charge in [-0.05, 0) is 13.0 Å². The molecule has 0 bridgehead atoms. The van der Waals surface area contributed by atoms with Crippen molar-refractivity contribution in [3.63, 3.8) is 0 Å². The molecule has 1 aromatic heterocycles. The van der Waals surface area contributed by atoms with Gasteiger partial charge in [-0.2, -0.15) is 0 Å². The molecule has 4 nitrogen and oxygen atoms in total. The molecule has 5 heteroatoms. The highest BCUT2D eigenvalue weighted by Gasteiger charge is 2.07. The monoisotopic (exact) mass is 203 g/mol. The first-order valence-corrected chi connectivity index (χ1v) is 3.88. The molecule has 1 rings (SSSR count). The van der Waals surface area contributed by atoms with Gasteiger partial charge in [-0.25, -0.2) is 0 Å². The van der Waals surface area contributed by atoms with E-state index in [1.54, 1.807) is 12.3 Å². The van der Waals surface area contributed by atoms with Gasteiger partial charge in [0.15, 0.2) is 0 Å². The molecule has 0 aromatic carbocycles. The van der Waals surface area contributed by atoms with Gasteiger partial charge in [0.25, 0.3) is 5.91 Å². The van der Waals surface area contributed by atoms with Crippen LogP contribution in [0.3, 0.4) is 0 Å². The molecule has 0 fully saturated rings. The van der Waals surface area contributed by atoms with Gasteiger partial charge in [-0.15, -0.1) is 12.4 Å². The van der Waals surface area contributed by atoms with Crippen LogP contribution in [0.4, 0.5) is 0 Å². The van der Waals surface area contributed by atoms with Crippen LogP contribution in [-0.2, 0) is 0 Å². The molecule has 0 atom stereocenters. The Bertz CT molecular complexity index is 272. The van der Waals surface area contributed by atoms with Gasteiger partial charge in [0.05, 0.1) is 5.56 Å². The van der Waals surface area contributed by atoms with Crippen LogP contribution >= 0.6 is 12.4 Å². The van der Waals surface area contributed by atoms with Crippen LogP contribution < -0.4 is 11.1 Å². The van der Waals surface area contributed by atoms with E-state index < -0.39 is 0 Å². The summed E-state index contributed by atoms with van der Waals surface area (Å²) in [5.41, 5.74) is 6.81. The standard InChI is InChI=1S/C8H13N3O.ClH/c1-6-7(2-4-10-6)8(12)11-5-3-9;/h2,4,10H,3,5,9H2,1H3,(H,11,12);1H. The highest BCUT2D eigenvalue weighted by molar-refractivity contribution is 5.95. The number of amides is 1. The fraction of sp³-hybridized carbons (Fsp3) is 0.375. The fourth-order valence-corrected chi connectivity index (χ4v) is 0.980. The molecular weight excluding hydrogens is 190 g/mol. The number of halogens is 1. The van der Waals surface area contributed by atoms with E-state index in [1.807, 2.05) is 6.92 Å². The summed E-state index contributed by atoms with van der Waals surface area (Å²) in [5.74, 6) is -0.0702. The molecule has 0 aliphatic heterocycles. The highest BCUT2D eigenvalue weighted by Crippen LogP contribution is 2.03. The van der Waals surface area contributed by atoms with Gasteiger partial charge < -0.3 is 16.0 Å². The SMILES string of the molecule is Cc1[nH]ccc1C(=O)NCCN.Cl. The fourth-order valence-electron chi connectivity index (χ4n) is 0.980. The normalized spacial score (nSPS) is 9.08. The van der Waals surface area contributed by atoms with Gasteiger partial charge >= 0.3 is 0 Å². The third-order valence-corrected chi connectivity index (χ3v) is 1.63. The number of H-pyrrole nitrogens is 1. The lowest BCUT2D eigenvalue weighted by molar-refractivity contribution is 0.0954. The first-order valence-electron chi connectivity index (χ1n) is 3.88. The van der Waals surface area contributed by atoms with Crippen molar-refractivity contribution in [2.75, 3.05) is 13.1 Å². The molecule has 0 radical (unpaired) electrons. The maximum Gasteiger partial charge on any atom is 0.253 e. The van der Waals surface area contributed by atoms with Crippen molar-refractivity contribution in [2.45, 2.75) is 6.92 Å². The van der Waals surface area contributed by atoms with Crippen LogP contribution in [0, 0.1) is 6.92 Å². The van der Waals surface area contributed by atoms with Gasteiger partial charge in [-0.3, -0.25) is 4.79 Å². The van der Waals surface area contributed by atoms with Crippen molar-refractivity contribution in [2.24, 2.45) is 5.73 Å². The average molecular weight is 204 g/mol. The smallest absolute Gasteiger partial charge is 0.253 e. The lowest BCUT2D eigenvalue weighted by Crippen LogP contribution is -2.29. The van der Waals surface area contributed by atoms with Crippen molar-refractivity contribution in [3.8, 4) is 0 Å². The van der Waals surface area contributed by atoms with Crippen LogP contribution in [0.5, 0.6) is 0 Å². The summed E-state index contributed by atoms with van der Waals surface area (Å²) in [7, 11) is 0. The van der Waals surface area contributed by atoms with Crippen molar-refractivity contribution < 1.29 is 4.79 Å². The number of aromatic amines is 1. The molecule has 4 N–H and O–H groups in total. The van der Waals surface area contributed by atoms with Crippen molar-refractivity contribution in [3.05, 3.63) is 23.5 Å². The third kappa shape index (κ3) is 3.08. The summed E-state index contributed by atoms with van der Waals surface area (Å²) < 4.78 is 0. The third-order valence-electron chi connectivity index (χ3n) is 1.63. The second-order valence-electron chi connectivity index (χ2n) is 2.56. The summed E-state index contributed by atoms with van der Waals surface area (Å²) >= 11 is 0. The Morgan fingerprint density at radius 1 is 1.69 bits per heavy atom. The maximum atomic E-state index is 11.3. The zero-order valence-electron chi connectivity index (χ0n) is 7.46. The number of nitrogens with one attached hydrogen (secondary N) is 2. The predicted molar refractivity (Wildman–Crippen MR) is 54.2 cm³/mol. The first kappa shape index (κ1) is 12.0. The molecule has 74 valence electrons. The molecule has 0 aliphatic carbocycles. The van der Waals surface area contributed by atoms with Crippen LogP contribution in [0.15, 0.2) is 12.3 Å². The first-order chi connectivity index (χ1) is 5.75. The number of nitrogens with two attached hydrogens (primary N) is 1. The molecule has 1 aromatic rings. The minimum absolute atomic E-state index is 0.